The Kier molecular flexibility index (Phi) is 3.99. The SMILES string of the molecule is CN(CC(=O)O)c1ncc(I)cc1[N+](=O)[O-]. The number of hydrogen-bond donors (Lipinski definition) is 1. The van der Waals surface area contributed by atoms with Crippen molar-refractivity contribution in [2.75, 3.05) is 18.5 Å². The van der Waals surface area contributed by atoms with E-state index in [0.717, 1.165) is 0 Å². The zero-order valence-electron chi connectivity index (χ0n) is 8.25. The highest BCUT2D eigenvalue weighted by Gasteiger charge is 2.20. The van der Waals surface area contributed by atoms with Crippen molar-refractivity contribution in [3.63, 3.8) is 0 Å². The molecule has 16 heavy (non-hydrogen) atoms. The lowest BCUT2D eigenvalue weighted by molar-refractivity contribution is -0.384. The van der Waals surface area contributed by atoms with Crippen LogP contribution in [0.25, 0.3) is 0 Å². The van der Waals surface area contributed by atoms with Gasteiger partial charge < -0.3 is 10.0 Å². The number of halogens is 1. The lowest BCUT2D eigenvalue weighted by Crippen LogP contribution is -2.26. The normalized spacial score (nSPS) is 9.88. The minimum Gasteiger partial charge on any atom is -0.480 e. The summed E-state index contributed by atoms with van der Waals surface area (Å²) in [4.78, 5) is 25.7. The van der Waals surface area contributed by atoms with Gasteiger partial charge in [-0.3, -0.25) is 14.9 Å². The number of likely N-dealkylation sites (N-methyl/N-ethyl adjacent to an activating group) is 1. The van der Waals surface area contributed by atoms with E-state index >= 15 is 0 Å². The molecule has 0 fully saturated rings. The molecule has 0 amide bonds. The van der Waals surface area contributed by atoms with Crippen molar-refractivity contribution in [2.45, 2.75) is 0 Å². The molecule has 0 unspecified atom stereocenters. The standard InChI is InChI=1S/C8H8IN3O4/c1-11(4-7(13)14)8-6(12(15)16)2-5(9)3-10-8/h2-3H,4H2,1H3,(H,13,14). The Labute approximate surface area is 104 Å². The largest absolute Gasteiger partial charge is 0.480 e. The van der Waals surface area contributed by atoms with Gasteiger partial charge >= 0.3 is 11.7 Å². The third-order valence-corrected chi connectivity index (χ3v) is 2.33. The summed E-state index contributed by atoms with van der Waals surface area (Å²) in [5, 5.41) is 19.3. The van der Waals surface area contributed by atoms with Gasteiger partial charge in [-0.25, -0.2) is 4.98 Å². The Morgan fingerprint density at radius 2 is 2.38 bits per heavy atom. The van der Waals surface area contributed by atoms with Crippen molar-refractivity contribution in [1.82, 2.24) is 4.98 Å². The zero-order valence-corrected chi connectivity index (χ0v) is 10.4. The number of rotatable bonds is 4. The Bertz CT molecular complexity index is 437. The molecule has 1 aromatic rings. The van der Waals surface area contributed by atoms with Gasteiger partial charge in [0.2, 0.25) is 5.82 Å². The van der Waals surface area contributed by atoms with Crippen LogP contribution >= 0.6 is 22.6 Å². The number of carbonyl (C=O) groups is 1. The van der Waals surface area contributed by atoms with E-state index in [0.29, 0.717) is 3.57 Å². The number of anilines is 1. The first-order valence-electron chi connectivity index (χ1n) is 4.14. The average molecular weight is 337 g/mol. The fourth-order valence-electron chi connectivity index (χ4n) is 1.13. The Hall–Kier alpha value is -1.45. The van der Waals surface area contributed by atoms with Crippen molar-refractivity contribution in [2.24, 2.45) is 0 Å². The second kappa shape index (κ2) is 5.05. The molecule has 0 bridgehead atoms. The first-order chi connectivity index (χ1) is 7.41. The number of carboxylic acids is 1. The summed E-state index contributed by atoms with van der Waals surface area (Å²) in [5.41, 5.74) is -0.198. The van der Waals surface area contributed by atoms with Gasteiger partial charge in [-0.05, 0) is 22.6 Å². The van der Waals surface area contributed by atoms with Crippen LogP contribution in [0.5, 0.6) is 0 Å². The summed E-state index contributed by atoms with van der Waals surface area (Å²) >= 11 is 1.90. The molecule has 1 rings (SSSR count). The molecular weight excluding hydrogens is 329 g/mol. The highest BCUT2D eigenvalue weighted by atomic mass is 127. The first kappa shape index (κ1) is 12.6. The topological polar surface area (TPSA) is 96.6 Å². The van der Waals surface area contributed by atoms with Crippen molar-refractivity contribution >= 4 is 40.1 Å². The first-order valence-corrected chi connectivity index (χ1v) is 5.22. The molecule has 0 spiro atoms. The fraction of sp³-hybridized carbons (Fsp3) is 0.250. The molecule has 0 aromatic carbocycles. The van der Waals surface area contributed by atoms with E-state index in [4.69, 9.17) is 5.11 Å². The molecule has 0 radical (unpaired) electrons. The molecule has 1 heterocycles. The maximum absolute atomic E-state index is 10.8. The van der Waals surface area contributed by atoms with Crippen molar-refractivity contribution in [3.8, 4) is 0 Å². The summed E-state index contributed by atoms with van der Waals surface area (Å²) in [6.45, 7) is -0.339. The van der Waals surface area contributed by atoms with Crippen LogP contribution in [0.1, 0.15) is 0 Å². The summed E-state index contributed by atoms with van der Waals surface area (Å²) < 4.78 is 0.622. The van der Waals surface area contributed by atoms with E-state index in [-0.39, 0.29) is 18.1 Å². The number of aromatic nitrogens is 1. The summed E-state index contributed by atoms with van der Waals surface area (Å²) in [5.74, 6) is -1.02. The molecule has 7 nitrogen and oxygen atoms in total. The number of pyridine rings is 1. The van der Waals surface area contributed by atoms with Gasteiger partial charge in [-0.15, -0.1) is 0 Å². The number of aliphatic carboxylic acids is 1. The molecule has 86 valence electrons. The van der Waals surface area contributed by atoms with Crippen LogP contribution in [0.3, 0.4) is 0 Å². The van der Waals surface area contributed by atoms with E-state index in [9.17, 15) is 14.9 Å². The molecule has 8 heteroatoms. The van der Waals surface area contributed by atoms with Gasteiger partial charge in [0.15, 0.2) is 0 Å². The predicted molar refractivity (Wildman–Crippen MR) is 64.5 cm³/mol. The number of nitrogens with zero attached hydrogens (tertiary/aromatic N) is 3. The molecule has 1 N–H and O–H groups in total. The Balaban J connectivity index is 3.12. The van der Waals surface area contributed by atoms with Crippen LogP contribution in [0.4, 0.5) is 11.5 Å². The van der Waals surface area contributed by atoms with Crippen molar-refractivity contribution < 1.29 is 14.8 Å². The maximum atomic E-state index is 10.8. The minimum absolute atomic E-state index is 0.0489. The second-order valence-corrected chi connectivity index (χ2v) is 4.25. The Morgan fingerprint density at radius 1 is 1.75 bits per heavy atom. The summed E-state index contributed by atoms with van der Waals surface area (Å²) in [6.07, 6.45) is 1.45. The third-order valence-electron chi connectivity index (χ3n) is 1.74. The van der Waals surface area contributed by atoms with Crippen LogP contribution in [-0.2, 0) is 4.79 Å². The molecule has 0 saturated heterocycles. The van der Waals surface area contributed by atoms with Crippen LogP contribution in [0, 0.1) is 13.7 Å². The number of carboxylic acid groups (broad SMARTS) is 1. The fourth-order valence-corrected chi connectivity index (χ4v) is 1.56. The highest BCUT2D eigenvalue weighted by Crippen LogP contribution is 2.25. The van der Waals surface area contributed by atoms with Gasteiger partial charge in [0.25, 0.3) is 0 Å². The third kappa shape index (κ3) is 3.02. The molecule has 0 saturated carbocycles. The van der Waals surface area contributed by atoms with Gasteiger partial charge in [-0.1, -0.05) is 0 Å². The van der Waals surface area contributed by atoms with E-state index in [2.05, 4.69) is 4.98 Å². The van der Waals surface area contributed by atoms with Gasteiger partial charge in [0, 0.05) is 22.9 Å². The van der Waals surface area contributed by atoms with E-state index in [1.165, 1.54) is 24.2 Å². The van der Waals surface area contributed by atoms with Gasteiger partial charge in [-0.2, -0.15) is 0 Å². The van der Waals surface area contributed by atoms with Crippen molar-refractivity contribution in [1.29, 1.82) is 0 Å². The number of hydrogen-bond acceptors (Lipinski definition) is 5. The molecular formula is C8H8IN3O4. The highest BCUT2D eigenvalue weighted by molar-refractivity contribution is 14.1. The van der Waals surface area contributed by atoms with Crippen LogP contribution in [0.2, 0.25) is 0 Å². The summed E-state index contributed by atoms with van der Waals surface area (Å²) in [7, 11) is 1.44. The van der Waals surface area contributed by atoms with E-state index in [1.54, 1.807) is 0 Å². The average Bonchev–Trinajstić information content (AvgIpc) is 2.16. The van der Waals surface area contributed by atoms with Crippen molar-refractivity contribution in [3.05, 3.63) is 25.9 Å². The van der Waals surface area contributed by atoms with Crippen LogP contribution in [0.15, 0.2) is 12.3 Å². The van der Waals surface area contributed by atoms with Gasteiger partial charge in [0.05, 0.1) is 4.92 Å². The smallest absolute Gasteiger partial charge is 0.323 e. The van der Waals surface area contributed by atoms with Crippen LogP contribution in [-0.4, -0.2) is 34.6 Å². The molecule has 0 aliphatic rings. The quantitative estimate of drug-likeness (QED) is 0.502. The van der Waals surface area contributed by atoms with E-state index in [1.807, 2.05) is 22.6 Å². The number of nitro groups is 1. The molecule has 0 atom stereocenters. The molecule has 0 aliphatic heterocycles. The lowest BCUT2D eigenvalue weighted by atomic mass is 10.3. The lowest BCUT2D eigenvalue weighted by Gasteiger charge is -2.15. The maximum Gasteiger partial charge on any atom is 0.323 e. The van der Waals surface area contributed by atoms with Gasteiger partial charge in [0.1, 0.15) is 6.54 Å². The molecule has 0 aliphatic carbocycles. The second-order valence-electron chi connectivity index (χ2n) is 3.00. The summed E-state index contributed by atoms with van der Waals surface area (Å²) in [6, 6.07) is 1.35. The van der Waals surface area contributed by atoms with E-state index < -0.39 is 10.9 Å². The minimum atomic E-state index is -1.07. The monoisotopic (exact) mass is 337 g/mol. The zero-order chi connectivity index (χ0) is 12.3. The Morgan fingerprint density at radius 3 is 2.88 bits per heavy atom. The van der Waals surface area contributed by atoms with Crippen LogP contribution < -0.4 is 4.90 Å². The predicted octanol–water partition coefficient (Wildman–Crippen LogP) is 1.12. The molecule has 1 aromatic heterocycles.